The number of nitrogens with zero attached hydrogens (tertiary/aromatic N) is 3. The van der Waals surface area contributed by atoms with Crippen LogP contribution >= 0.6 is 15.9 Å². The molecule has 0 bridgehead atoms. The molecule has 2 heterocycles. The van der Waals surface area contributed by atoms with Gasteiger partial charge in [0, 0.05) is 43.8 Å². The average molecular weight is 1270 g/mol. The fourth-order valence-electron chi connectivity index (χ4n) is 16.8. The zero-order valence-corrected chi connectivity index (χ0v) is 53.1. The number of hydrogen-bond donors (Lipinski definition) is 0. The molecular weight excluding hydrogens is 1200 g/mol. The highest BCUT2D eigenvalue weighted by Gasteiger charge is 2.54. The Hall–Kier alpha value is -11.0. The fraction of sp³-hybridized carbons (Fsp3) is 0.0667. The topological polar surface area (TPSA) is 9.72 Å². The van der Waals surface area contributed by atoms with Crippen molar-refractivity contribution in [3.05, 3.63) is 400 Å². The second kappa shape index (κ2) is 22.1. The Balaban J connectivity index is 0.000000167. The van der Waals surface area contributed by atoms with Gasteiger partial charge >= 0.3 is 0 Å². The van der Waals surface area contributed by atoms with Crippen molar-refractivity contribution in [2.24, 2.45) is 0 Å². The summed E-state index contributed by atoms with van der Waals surface area (Å²) in [6, 6.07) is 125. The Kier molecular flexibility index (Phi) is 13.4. The van der Waals surface area contributed by atoms with Crippen LogP contribution in [0.4, 0.5) is 51.2 Å². The van der Waals surface area contributed by atoms with Crippen LogP contribution in [-0.4, -0.2) is 0 Å². The van der Waals surface area contributed by atoms with Gasteiger partial charge in [0.05, 0.1) is 39.3 Å². The fourth-order valence-corrected chi connectivity index (χ4v) is 17.4. The van der Waals surface area contributed by atoms with E-state index in [9.17, 15) is 0 Å². The van der Waals surface area contributed by atoms with Crippen LogP contribution in [0.3, 0.4) is 0 Å². The highest BCUT2D eigenvalue weighted by atomic mass is 79.9. The molecule has 14 aromatic carbocycles. The molecule has 0 N–H and O–H groups in total. The Morgan fingerprint density at radius 2 is 0.638 bits per heavy atom. The summed E-state index contributed by atoms with van der Waals surface area (Å²) in [7, 11) is 0. The minimum atomic E-state index is -0.551. The number of rotatable bonds is 6. The molecule has 2 aliphatic heterocycles. The molecule has 0 radical (unpaired) electrons. The van der Waals surface area contributed by atoms with Crippen LogP contribution < -0.4 is 14.7 Å². The lowest BCUT2D eigenvalue weighted by atomic mass is 9.64. The lowest BCUT2D eigenvalue weighted by Crippen LogP contribution is -2.36. The number of fused-ring (bicyclic) bond motifs is 21. The maximum absolute atomic E-state index is 3.89. The summed E-state index contributed by atoms with van der Waals surface area (Å²) >= 11 is 3.89. The first-order valence-corrected chi connectivity index (χ1v) is 33.1. The first-order chi connectivity index (χ1) is 45.9. The molecule has 14 aromatic rings. The van der Waals surface area contributed by atoms with Gasteiger partial charge < -0.3 is 14.7 Å². The molecule has 3 nitrogen and oxygen atoms in total. The van der Waals surface area contributed by atoms with Crippen LogP contribution in [0.5, 0.6) is 0 Å². The summed E-state index contributed by atoms with van der Waals surface area (Å²) in [5.41, 5.74) is 33.0. The van der Waals surface area contributed by atoms with E-state index in [0.29, 0.717) is 0 Å². The smallest absolute Gasteiger partial charge is 0.0755 e. The second-order valence-electron chi connectivity index (χ2n) is 25.5. The largest absolute Gasteiger partial charge is 0.310 e. The van der Waals surface area contributed by atoms with Crippen molar-refractivity contribution in [2.75, 3.05) is 14.7 Å². The predicted octanol–water partition coefficient (Wildman–Crippen LogP) is 24.5. The minimum absolute atomic E-state index is 0. The van der Waals surface area contributed by atoms with Gasteiger partial charge in [-0.2, -0.15) is 0 Å². The molecule has 94 heavy (non-hydrogen) atoms. The van der Waals surface area contributed by atoms with E-state index in [-0.39, 0.29) is 18.3 Å². The molecule has 0 saturated heterocycles. The van der Waals surface area contributed by atoms with E-state index in [1.54, 1.807) is 0 Å². The molecule has 3 aliphatic carbocycles. The van der Waals surface area contributed by atoms with E-state index in [1.807, 2.05) is 0 Å². The Labute approximate surface area is 559 Å². The number of benzene rings is 14. The Bertz CT molecular complexity index is 5190. The van der Waals surface area contributed by atoms with Gasteiger partial charge in [-0.15, -0.1) is 0 Å². The van der Waals surface area contributed by atoms with Gasteiger partial charge in [-0.3, -0.25) is 0 Å². The molecule has 448 valence electrons. The van der Waals surface area contributed by atoms with E-state index in [0.717, 1.165) is 27.2 Å². The van der Waals surface area contributed by atoms with E-state index >= 15 is 0 Å². The quantitative estimate of drug-likeness (QED) is 0.164. The van der Waals surface area contributed by atoms with E-state index in [2.05, 4.69) is 384 Å². The van der Waals surface area contributed by atoms with E-state index in [4.69, 9.17) is 0 Å². The van der Waals surface area contributed by atoms with Crippen molar-refractivity contribution < 1.29 is 0 Å². The monoisotopic (exact) mass is 1270 g/mol. The highest BCUT2D eigenvalue weighted by molar-refractivity contribution is 9.10. The lowest BCUT2D eigenvalue weighted by Gasteiger charge is -2.45. The number of para-hydroxylation sites is 6. The van der Waals surface area contributed by atoms with E-state index < -0.39 is 5.41 Å². The lowest BCUT2D eigenvalue weighted by molar-refractivity contribution is 0.660. The van der Waals surface area contributed by atoms with Gasteiger partial charge in [0.25, 0.3) is 0 Å². The normalized spacial score (nSPS) is 14.2. The average Bonchev–Trinajstić information content (AvgIpc) is 1.46. The minimum Gasteiger partial charge on any atom is -0.310 e. The van der Waals surface area contributed by atoms with Crippen LogP contribution in [0.15, 0.2) is 344 Å². The molecule has 0 aromatic heterocycles. The molecule has 19 rings (SSSR count). The summed E-state index contributed by atoms with van der Waals surface area (Å²) in [5.74, 6) is 0. The van der Waals surface area contributed by atoms with Crippen LogP contribution in [-0.2, 0) is 16.2 Å². The summed E-state index contributed by atoms with van der Waals surface area (Å²) in [6.07, 6.45) is 0. The summed E-state index contributed by atoms with van der Waals surface area (Å²) in [5, 5.41) is 0. The molecule has 4 heteroatoms. The van der Waals surface area contributed by atoms with Crippen molar-refractivity contribution in [1.29, 1.82) is 0 Å². The van der Waals surface area contributed by atoms with Crippen molar-refractivity contribution >= 4 is 67.1 Å². The maximum Gasteiger partial charge on any atom is 0.0755 e. The highest BCUT2D eigenvalue weighted by Crippen LogP contribution is 2.67. The number of halogens is 1. The Morgan fingerprint density at radius 1 is 0.277 bits per heavy atom. The van der Waals surface area contributed by atoms with Gasteiger partial charge in [0.2, 0.25) is 0 Å². The third-order valence-electron chi connectivity index (χ3n) is 20.6. The predicted molar refractivity (Wildman–Crippen MR) is 396 cm³/mol. The Morgan fingerprint density at radius 3 is 1.15 bits per heavy atom. The van der Waals surface area contributed by atoms with Crippen molar-refractivity contribution in [1.82, 2.24) is 0 Å². The van der Waals surface area contributed by atoms with Gasteiger partial charge in [-0.05, 0) is 174 Å². The summed E-state index contributed by atoms with van der Waals surface area (Å²) in [4.78, 5) is 7.37. The zero-order chi connectivity index (χ0) is 62.0. The van der Waals surface area contributed by atoms with Gasteiger partial charge in [-0.25, -0.2) is 0 Å². The van der Waals surface area contributed by atoms with Crippen LogP contribution in [0.1, 0.15) is 76.9 Å². The van der Waals surface area contributed by atoms with Gasteiger partial charge in [-0.1, -0.05) is 292 Å². The molecular formula is C90H66BrN3. The third kappa shape index (κ3) is 8.09. The zero-order valence-electron chi connectivity index (χ0n) is 51.6. The molecule has 0 unspecified atom stereocenters. The molecule has 0 fully saturated rings. The van der Waals surface area contributed by atoms with Crippen LogP contribution in [0.25, 0.3) is 44.5 Å². The third-order valence-corrected chi connectivity index (χ3v) is 21.2. The van der Waals surface area contributed by atoms with Crippen LogP contribution in [0, 0.1) is 0 Å². The molecule has 0 atom stereocenters. The van der Waals surface area contributed by atoms with E-state index in [1.165, 1.54) is 129 Å². The van der Waals surface area contributed by atoms with Crippen LogP contribution in [0.2, 0.25) is 0 Å². The van der Waals surface area contributed by atoms with Gasteiger partial charge in [0.15, 0.2) is 0 Å². The summed E-state index contributed by atoms with van der Waals surface area (Å²) in [6.45, 7) is 4.74. The number of hydrogen-bond acceptors (Lipinski definition) is 3. The summed E-state index contributed by atoms with van der Waals surface area (Å²) < 4.78 is 1.14. The van der Waals surface area contributed by atoms with Gasteiger partial charge in [0.1, 0.15) is 0 Å². The SMILES string of the molecule is Brc1cccc2c1-c1ccccc1C21c2ccccc2N(c2ccccc2)c2ccccc21.C.CC1(C)c2ccccc2-c2ccc(N(c3ccc(-c4ccccc4)cc3)c3cccc4c3-c3ccccc3C43c4ccccc4N(c4ccccc4)c4ccccc43)cc21. The maximum atomic E-state index is 3.89. The standard InChI is InChI=1S/C58H42N2.C31H20BrN.CH4/c1-57(2)47-24-11-9-22-44(47)45-37-36-43(38-52(45)57)59(42-34-32-40(33-35-42)39-18-5-3-6-19-39)55-31-17-28-51-56(55)46-23-10-12-25-48(46)58(51)49-26-13-15-29-53(49)60(41-20-7-4-8-21-41)54-30-16-14-27-50(54)58;32-27-18-10-17-26-30(27)22-13-4-5-14-23(22)31(26)24-15-6-8-19-28(24)33(21-11-2-1-3-12-21)29-20-9-7-16-25(29)31;/h3-38H,1-2H3;1-20H;1H4. The first-order valence-electron chi connectivity index (χ1n) is 32.3. The molecule has 2 spiro atoms. The molecule has 0 amide bonds. The van der Waals surface area contributed by atoms with Crippen molar-refractivity contribution in [3.8, 4) is 44.5 Å². The first kappa shape index (κ1) is 56.9. The molecule has 0 saturated carbocycles. The second-order valence-corrected chi connectivity index (χ2v) is 26.4. The number of anilines is 9. The molecule has 5 aliphatic rings. The van der Waals surface area contributed by atoms with Crippen molar-refractivity contribution in [2.45, 2.75) is 37.5 Å². The van der Waals surface area contributed by atoms with Crippen molar-refractivity contribution in [3.63, 3.8) is 0 Å².